The van der Waals surface area contributed by atoms with Crippen LogP contribution in [0.15, 0.2) is 43.1 Å². The second-order valence-corrected chi connectivity index (χ2v) is 7.67. The highest BCUT2D eigenvalue weighted by Crippen LogP contribution is 2.30. The summed E-state index contributed by atoms with van der Waals surface area (Å²) in [6.45, 7) is 0. The minimum atomic E-state index is -0.851. The van der Waals surface area contributed by atoms with Gasteiger partial charge >= 0.3 is 0 Å². The van der Waals surface area contributed by atoms with Gasteiger partial charge in [0.25, 0.3) is 5.91 Å². The number of fused-ring (bicyclic) bond motifs is 2. The molecule has 0 fully saturated rings. The molecule has 0 aliphatic heterocycles. The Bertz CT molecular complexity index is 1490. The van der Waals surface area contributed by atoms with Gasteiger partial charge in [-0.25, -0.2) is 9.97 Å². The molecular formula is C21H20N10O2. The van der Waals surface area contributed by atoms with E-state index in [1.807, 2.05) is 12.1 Å². The average Bonchev–Trinajstić information content (AvgIpc) is 3.42. The third kappa shape index (κ3) is 3.73. The van der Waals surface area contributed by atoms with Crippen molar-refractivity contribution in [1.82, 2.24) is 40.0 Å². The van der Waals surface area contributed by atoms with Crippen LogP contribution in [0, 0.1) is 0 Å². The highest BCUT2D eigenvalue weighted by molar-refractivity contribution is 6.04. The number of carbonyl (C=O) groups is 1. The summed E-state index contributed by atoms with van der Waals surface area (Å²) in [5.74, 6) is -0.130. The number of H-pyrrole nitrogens is 2. The predicted molar refractivity (Wildman–Crippen MR) is 122 cm³/mol. The molecule has 0 aliphatic rings. The Morgan fingerprint density at radius 2 is 1.91 bits per heavy atom. The van der Waals surface area contributed by atoms with Crippen LogP contribution in [0.3, 0.4) is 0 Å². The molecule has 0 aromatic carbocycles. The first-order valence-corrected chi connectivity index (χ1v) is 9.95. The third-order valence-electron chi connectivity index (χ3n) is 5.16. The van der Waals surface area contributed by atoms with Gasteiger partial charge in [0, 0.05) is 29.7 Å². The Morgan fingerprint density at radius 1 is 1.12 bits per heavy atom. The number of primary amides is 1. The number of hydrogen-bond acceptors (Lipinski definition) is 9. The van der Waals surface area contributed by atoms with E-state index in [4.69, 9.17) is 5.73 Å². The number of aromatic nitrogens is 7. The molecule has 0 saturated carbocycles. The van der Waals surface area contributed by atoms with Crippen LogP contribution >= 0.6 is 0 Å². The molecule has 166 valence electrons. The van der Waals surface area contributed by atoms with E-state index >= 15 is 0 Å². The minimum Gasteiger partial charge on any atom is -0.365 e. The monoisotopic (exact) mass is 444 g/mol. The van der Waals surface area contributed by atoms with Gasteiger partial charge in [-0.1, -0.05) is 0 Å². The van der Waals surface area contributed by atoms with Gasteiger partial charge in [-0.05, 0) is 26.2 Å². The first-order valence-electron chi connectivity index (χ1n) is 9.95. The number of anilines is 1. The largest absolute Gasteiger partial charge is 0.365 e. The molecule has 33 heavy (non-hydrogen) atoms. The maximum absolute atomic E-state index is 11.7. The molecule has 5 aromatic rings. The second kappa shape index (κ2) is 7.93. The number of carbonyl (C=O) groups excluding carboxylic acids is 1. The minimum absolute atomic E-state index is 0.230. The van der Waals surface area contributed by atoms with Crippen molar-refractivity contribution in [2.45, 2.75) is 6.35 Å². The van der Waals surface area contributed by atoms with Gasteiger partial charge in [0.05, 0.1) is 34.5 Å². The Labute approximate surface area is 186 Å². The number of aliphatic hydroxyl groups excluding tert-OH is 1. The van der Waals surface area contributed by atoms with Crippen molar-refractivity contribution in [3.63, 3.8) is 0 Å². The summed E-state index contributed by atoms with van der Waals surface area (Å²) in [4.78, 5) is 33.8. The standard InChI is InChI=1S/C21H20N10O2/c1-31(2)21(33)26-12-3-10(5-23-7-12)11-4-13-17(29-30-19(13)25-6-11)20-27-15-9-24-8-14(18(22)32)16(15)28-20/h3-9,21,26,33H,1-2H3,(H2,22,32)(H,27,28)(H,25,29,30). The first-order chi connectivity index (χ1) is 15.9. The van der Waals surface area contributed by atoms with E-state index in [0.717, 1.165) is 16.5 Å². The van der Waals surface area contributed by atoms with Crippen molar-refractivity contribution < 1.29 is 9.90 Å². The number of nitrogens with zero attached hydrogens (tertiary/aromatic N) is 6. The molecule has 0 radical (unpaired) electrons. The van der Waals surface area contributed by atoms with Crippen molar-refractivity contribution in [1.29, 1.82) is 0 Å². The maximum Gasteiger partial charge on any atom is 0.252 e. The van der Waals surface area contributed by atoms with Crippen LogP contribution in [0.25, 0.3) is 44.7 Å². The van der Waals surface area contributed by atoms with Crippen LogP contribution < -0.4 is 11.1 Å². The van der Waals surface area contributed by atoms with E-state index < -0.39 is 12.3 Å². The van der Waals surface area contributed by atoms with Crippen molar-refractivity contribution in [2.24, 2.45) is 5.73 Å². The zero-order valence-electron chi connectivity index (χ0n) is 17.7. The summed E-state index contributed by atoms with van der Waals surface area (Å²) in [7, 11) is 3.52. The van der Waals surface area contributed by atoms with E-state index in [1.54, 1.807) is 43.8 Å². The van der Waals surface area contributed by atoms with Crippen LogP contribution in [0.4, 0.5) is 5.69 Å². The summed E-state index contributed by atoms with van der Waals surface area (Å²) in [6.07, 6.45) is 7.15. The topological polar surface area (TPSA) is 175 Å². The number of imidazole rings is 1. The number of amides is 1. The lowest BCUT2D eigenvalue weighted by Gasteiger charge is -2.20. The predicted octanol–water partition coefficient (Wildman–Crippen LogP) is 1.31. The van der Waals surface area contributed by atoms with Crippen LogP contribution in [-0.2, 0) is 0 Å². The lowest BCUT2D eigenvalue weighted by atomic mass is 10.1. The lowest BCUT2D eigenvalue weighted by molar-refractivity contribution is 0.0659. The molecule has 0 aliphatic carbocycles. The van der Waals surface area contributed by atoms with Crippen LogP contribution in [0.5, 0.6) is 0 Å². The summed E-state index contributed by atoms with van der Waals surface area (Å²) < 4.78 is 0. The highest BCUT2D eigenvalue weighted by atomic mass is 16.3. The van der Waals surface area contributed by atoms with Gasteiger partial charge in [0.15, 0.2) is 17.8 Å². The Kier molecular flexibility index (Phi) is 4.92. The summed E-state index contributed by atoms with van der Waals surface area (Å²) in [5.41, 5.74) is 10.1. The van der Waals surface area contributed by atoms with Crippen molar-refractivity contribution >= 4 is 33.7 Å². The van der Waals surface area contributed by atoms with E-state index in [1.165, 1.54) is 6.20 Å². The molecule has 1 atom stereocenters. The molecule has 6 N–H and O–H groups in total. The van der Waals surface area contributed by atoms with Gasteiger partial charge < -0.3 is 21.1 Å². The van der Waals surface area contributed by atoms with Crippen molar-refractivity contribution in [3.05, 3.63) is 48.7 Å². The number of pyridine rings is 3. The van der Waals surface area contributed by atoms with Crippen molar-refractivity contribution in [2.75, 3.05) is 19.4 Å². The first kappa shape index (κ1) is 20.5. The molecule has 5 rings (SSSR count). The Balaban J connectivity index is 1.56. The lowest BCUT2D eigenvalue weighted by Crippen LogP contribution is -2.34. The molecule has 5 heterocycles. The Morgan fingerprint density at radius 3 is 2.70 bits per heavy atom. The fourth-order valence-electron chi connectivity index (χ4n) is 3.42. The van der Waals surface area contributed by atoms with Gasteiger partial charge in [0.2, 0.25) is 0 Å². The number of aliphatic hydroxyl groups is 1. The van der Waals surface area contributed by atoms with Gasteiger partial charge in [0.1, 0.15) is 11.2 Å². The number of aromatic amines is 2. The molecule has 5 aromatic heterocycles. The third-order valence-corrected chi connectivity index (χ3v) is 5.16. The molecule has 0 saturated heterocycles. The van der Waals surface area contributed by atoms with Crippen LogP contribution in [0.1, 0.15) is 10.4 Å². The highest BCUT2D eigenvalue weighted by Gasteiger charge is 2.17. The van der Waals surface area contributed by atoms with E-state index in [9.17, 15) is 9.90 Å². The summed E-state index contributed by atoms with van der Waals surface area (Å²) in [5, 5.41) is 21.0. The maximum atomic E-state index is 11.7. The number of nitrogens with one attached hydrogen (secondary N) is 3. The fourth-order valence-corrected chi connectivity index (χ4v) is 3.42. The molecule has 12 nitrogen and oxygen atoms in total. The van der Waals surface area contributed by atoms with Crippen molar-refractivity contribution in [3.8, 4) is 22.6 Å². The van der Waals surface area contributed by atoms with Gasteiger partial charge in [-0.15, -0.1) is 0 Å². The summed E-state index contributed by atoms with van der Waals surface area (Å²) in [6, 6.07) is 3.79. The molecular weight excluding hydrogens is 424 g/mol. The van der Waals surface area contributed by atoms with Gasteiger partial charge in [-0.2, -0.15) is 5.10 Å². The van der Waals surface area contributed by atoms with Gasteiger partial charge in [-0.3, -0.25) is 24.8 Å². The van der Waals surface area contributed by atoms with Crippen LogP contribution in [-0.4, -0.2) is 71.5 Å². The summed E-state index contributed by atoms with van der Waals surface area (Å²) >= 11 is 0. The number of nitrogens with two attached hydrogens (primary N) is 1. The Hall–Kier alpha value is -4.42. The SMILES string of the molecule is CN(C)C(O)Nc1cncc(-c2cnc3n[nH]c(-c4nc5c(C(N)=O)cncc5[nH]4)c3c2)c1. The normalized spacial score (nSPS) is 12.5. The zero-order chi connectivity index (χ0) is 23.1. The zero-order valence-corrected chi connectivity index (χ0v) is 17.7. The molecule has 1 unspecified atom stereocenters. The van der Waals surface area contributed by atoms with E-state index in [2.05, 4.69) is 40.4 Å². The average molecular weight is 444 g/mol. The number of rotatable bonds is 6. The number of hydrogen-bond donors (Lipinski definition) is 5. The molecule has 0 bridgehead atoms. The molecule has 12 heteroatoms. The molecule has 1 amide bonds. The van der Waals surface area contributed by atoms with E-state index in [-0.39, 0.29) is 5.56 Å². The van der Waals surface area contributed by atoms with Crippen LogP contribution in [0.2, 0.25) is 0 Å². The van der Waals surface area contributed by atoms with E-state index in [0.29, 0.717) is 33.9 Å². The molecule has 0 spiro atoms. The smallest absolute Gasteiger partial charge is 0.252 e. The second-order valence-electron chi connectivity index (χ2n) is 7.67. The quantitative estimate of drug-likeness (QED) is 0.242. The fraction of sp³-hybridized carbons (Fsp3) is 0.143.